The number of aromatic nitrogens is 2. The monoisotopic (exact) mass is 365 g/mol. The Morgan fingerprint density at radius 3 is 2.41 bits per heavy atom. The number of carbonyl (C=O) groups excluding carboxylic acids is 1. The van der Waals surface area contributed by atoms with E-state index in [2.05, 4.69) is 10.4 Å². The van der Waals surface area contributed by atoms with E-state index in [9.17, 15) is 4.79 Å². The highest BCUT2D eigenvalue weighted by Gasteiger charge is 2.16. The summed E-state index contributed by atoms with van der Waals surface area (Å²) in [4.78, 5) is 12.6. The molecule has 0 aliphatic carbocycles. The van der Waals surface area contributed by atoms with Gasteiger partial charge in [-0.3, -0.25) is 9.48 Å². The molecule has 1 heterocycles. The van der Waals surface area contributed by atoms with Crippen molar-refractivity contribution in [2.75, 3.05) is 19.5 Å². The van der Waals surface area contributed by atoms with Crippen LogP contribution in [0.1, 0.15) is 27.3 Å². The summed E-state index contributed by atoms with van der Waals surface area (Å²) in [6.45, 7) is 4.43. The lowest BCUT2D eigenvalue weighted by Crippen LogP contribution is -2.13. The lowest BCUT2D eigenvalue weighted by molar-refractivity contribution is 0.102. The molecule has 6 heteroatoms. The number of methoxy groups -OCH3 is 2. The van der Waals surface area contributed by atoms with Crippen molar-refractivity contribution in [3.05, 3.63) is 71.0 Å². The van der Waals surface area contributed by atoms with Crippen LogP contribution in [0.4, 0.5) is 5.69 Å². The fourth-order valence-electron chi connectivity index (χ4n) is 2.93. The highest BCUT2D eigenvalue weighted by molar-refractivity contribution is 6.05. The van der Waals surface area contributed by atoms with Crippen molar-refractivity contribution in [3.8, 4) is 11.5 Å². The Hall–Kier alpha value is -3.28. The van der Waals surface area contributed by atoms with Gasteiger partial charge in [-0.15, -0.1) is 0 Å². The van der Waals surface area contributed by atoms with Gasteiger partial charge in [-0.25, -0.2) is 0 Å². The lowest BCUT2D eigenvalue weighted by Gasteiger charge is -2.09. The van der Waals surface area contributed by atoms with Crippen LogP contribution in [0.15, 0.2) is 48.5 Å². The van der Waals surface area contributed by atoms with E-state index in [-0.39, 0.29) is 5.91 Å². The SMILES string of the molecule is COc1cccc(Cn2nc(C)c(NC(=O)c3cccc(OC)c3)c2C)c1. The van der Waals surface area contributed by atoms with E-state index in [1.165, 1.54) is 0 Å². The minimum Gasteiger partial charge on any atom is -0.497 e. The molecular weight excluding hydrogens is 342 g/mol. The smallest absolute Gasteiger partial charge is 0.255 e. The van der Waals surface area contributed by atoms with Gasteiger partial charge in [0.2, 0.25) is 0 Å². The number of nitrogens with zero attached hydrogens (tertiary/aromatic N) is 2. The molecule has 0 saturated heterocycles. The first-order valence-corrected chi connectivity index (χ1v) is 8.64. The second-order valence-corrected chi connectivity index (χ2v) is 6.24. The summed E-state index contributed by atoms with van der Waals surface area (Å²) in [6.07, 6.45) is 0. The van der Waals surface area contributed by atoms with Crippen LogP contribution >= 0.6 is 0 Å². The average Bonchev–Trinajstić information content (AvgIpc) is 2.95. The van der Waals surface area contributed by atoms with Gasteiger partial charge in [0.05, 0.1) is 37.8 Å². The first kappa shape index (κ1) is 18.5. The normalized spacial score (nSPS) is 10.5. The fourth-order valence-corrected chi connectivity index (χ4v) is 2.93. The van der Waals surface area contributed by atoms with Crippen LogP contribution < -0.4 is 14.8 Å². The molecule has 0 fully saturated rings. The highest BCUT2D eigenvalue weighted by Crippen LogP contribution is 2.23. The number of aryl methyl sites for hydroxylation is 1. The number of ether oxygens (including phenoxy) is 2. The number of carbonyl (C=O) groups is 1. The molecule has 0 bridgehead atoms. The van der Waals surface area contributed by atoms with Gasteiger partial charge in [0.25, 0.3) is 5.91 Å². The average molecular weight is 365 g/mol. The fraction of sp³-hybridized carbons (Fsp3) is 0.238. The van der Waals surface area contributed by atoms with Gasteiger partial charge >= 0.3 is 0 Å². The Morgan fingerprint density at radius 1 is 1.04 bits per heavy atom. The maximum absolute atomic E-state index is 12.6. The standard InChI is InChI=1S/C21H23N3O3/c1-14-20(22-21(25)17-8-6-10-19(12-17)27-4)15(2)24(23-14)13-16-7-5-9-18(11-16)26-3/h5-12H,13H2,1-4H3,(H,22,25). The zero-order chi connectivity index (χ0) is 19.4. The molecule has 3 aromatic rings. The van der Waals surface area contributed by atoms with E-state index in [1.54, 1.807) is 38.5 Å². The molecule has 0 unspecified atom stereocenters. The van der Waals surface area contributed by atoms with Crippen molar-refractivity contribution < 1.29 is 14.3 Å². The molecular formula is C21H23N3O3. The summed E-state index contributed by atoms with van der Waals surface area (Å²) < 4.78 is 12.3. The van der Waals surface area contributed by atoms with E-state index in [0.29, 0.717) is 17.9 Å². The number of hydrogen-bond acceptors (Lipinski definition) is 4. The molecule has 140 valence electrons. The second kappa shape index (κ2) is 7.95. The Bertz CT molecular complexity index is 963. The lowest BCUT2D eigenvalue weighted by atomic mass is 10.2. The number of hydrogen-bond donors (Lipinski definition) is 1. The summed E-state index contributed by atoms with van der Waals surface area (Å²) in [5, 5.41) is 7.55. The quantitative estimate of drug-likeness (QED) is 0.721. The van der Waals surface area contributed by atoms with Crippen molar-refractivity contribution in [2.45, 2.75) is 20.4 Å². The molecule has 0 aliphatic heterocycles. The van der Waals surface area contributed by atoms with Crippen LogP contribution in [0, 0.1) is 13.8 Å². The van der Waals surface area contributed by atoms with E-state index in [0.717, 1.165) is 28.4 Å². The molecule has 1 N–H and O–H groups in total. The van der Waals surface area contributed by atoms with Gasteiger partial charge in [-0.1, -0.05) is 18.2 Å². The van der Waals surface area contributed by atoms with Crippen molar-refractivity contribution in [2.24, 2.45) is 0 Å². The zero-order valence-electron chi connectivity index (χ0n) is 15.9. The predicted molar refractivity (Wildman–Crippen MR) is 105 cm³/mol. The van der Waals surface area contributed by atoms with Gasteiger partial charge in [-0.2, -0.15) is 5.10 Å². The Balaban J connectivity index is 1.81. The largest absolute Gasteiger partial charge is 0.497 e. The van der Waals surface area contributed by atoms with Gasteiger partial charge in [0, 0.05) is 5.56 Å². The number of nitrogens with one attached hydrogen (secondary N) is 1. The summed E-state index contributed by atoms with van der Waals surface area (Å²) in [5.41, 5.74) is 4.00. The first-order valence-electron chi connectivity index (χ1n) is 8.64. The van der Waals surface area contributed by atoms with Crippen LogP contribution in [0.25, 0.3) is 0 Å². The molecule has 0 spiro atoms. The van der Waals surface area contributed by atoms with E-state index in [1.807, 2.05) is 42.8 Å². The zero-order valence-corrected chi connectivity index (χ0v) is 15.9. The minimum absolute atomic E-state index is 0.193. The summed E-state index contributed by atoms with van der Waals surface area (Å²) in [7, 11) is 3.22. The van der Waals surface area contributed by atoms with Crippen LogP contribution in [0.2, 0.25) is 0 Å². The minimum atomic E-state index is -0.193. The third-order valence-electron chi connectivity index (χ3n) is 4.42. The van der Waals surface area contributed by atoms with Crippen LogP contribution in [0.5, 0.6) is 11.5 Å². The maximum atomic E-state index is 12.6. The summed E-state index contributed by atoms with van der Waals surface area (Å²) >= 11 is 0. The molecule has 27 heavy (non-hydrogen) atoms. The molecule has 0 atom stereocenters. The predicted octanol–water partition coefficient (Wildman–Crippen LogP) is 3.82. The Morgan fingerprint density at radius 2 is 1.70 bits per heavy atom. The van der Waals surface area contributed by atoms with Gasteiger partial charge in [-0.05, 0) is 49.7 Å². The number of amides is 1. The molecule has 6 nitrogen and oxygen atoms in total. The first-order chi connectivity index (χ1) is 13.0. The number of anilines is 1. The highest BCUT2D eigenvalue weighted by atomic mass is 16.5. The molecule has 2 aromatic carbocycles. The Labute approximate surface area is 158 Å². The van der Waals surface area contributed by atoms with Gasteiger partial charge in [0.1, 0.15) is 11.5 Å². The number of benzene rings is 2. The summed E-state index contributed by atoms with van der Waals surface area (Å²) in [5.74, 6) is 1.26. The van der Waals surface area contributed by atoms with Crippen molar-refractivity contribution in [1.29, 1.82) is 0 Å². The third kappa shape index (κ3) is 4.11. The molecule has 1 amide bonds. The van der Waals surface area contributed by atoms with Gasteiger partial charge in [0.15, 0.2) is 0 Å². The van der Waals surface area contributed by atoms with Crippen LogP contribution in [-0.2, 0) is 6.54 Å². The van der Waals surface area contributed by atoms with Crippen molar-refractivity contribution in [1.82, 2.24) is 9.78 Å². The van der Waals surface area contributed by atoms with E-state index in [4.69, 9.17) is 9.47 Å². The number of rotatable bonds is 6. The van der Waals surface area contributed by atoms with Crippen molar-refractivity contribution >= 4 is 11.6 Å². The Kier molecular flexibility index (Phi) is 5.45. The molecule has 3 rings (SSSR count). The maximum Gasteiger partial charge on any atom is 0.255 e. The molecule has 0 saturated carbocycles. The second-order valence-electron chi connectivity index (χ2n) is 6.24. The molecule has 0 radical (unpaired) electrons. The van der Waals surface area contributed by atoms with E-state index >= 15 is 0 Å². The van der Waals surface area contributed by atoms with Gasteiger partial charge < -0.3 is 14.8 Å². The van der Waals surface area contributed by atoms with E-state index < -0.39 is 0 Å². The van der Waals surface area contributed by atoms with Crippen LogP contribution in [0.3, 0.4) is 0 Å². The van der Waals surface area contributed by atoms with Crippen molar-refractivity contribution in [3.63, 3.8) is 0 Å². The summed E-state index contributed by atoms with van der Waals surface area (Å²) in [6, 6.07) is 14.9. The topological polar surface area (TPSA) is 65.4 Å². The molecule has 1 aromatic heterocycles. The molecule has 0 aliphatic rings. The third-order valence-corrected chi connectivity index (χ3v) is 4.42. The van der Waals surface area contributed by atoms with Crippen LogP contribution in [-0.4, -0.2) is 29.9 Å².